The summed E-state index contributed by atoms with van der Waals surface area (Å²) in [5, 5.41) is 13.9. The number of aliphatic hydroxyl groups is 1. The molecular weight excluding hydrogens is 236 g/mol. The molecule has 1 unspecified atom stereocenters. The van der Waals surface area contributed by atoms with Crippen molar-refractivity contribution < 1.29 is 5.11 Å². The second-order valence-corrected chi connectivity index (χ2v) is 4.94. The first-order valence-corrected chi connectivity index (χ1v) is 6.18. The van der Waals surface area contributed by atoms with Crippen LogP contribution in [-0.4, -0.2) is 43.7 Å². The standard InChI is InChI=1S/C13H21ClN2O/c1-10-8-11(4-5-12(10)14)13(17)9-15-6-7-16(2)3/h4-5,8,13,15,17H,6-7,9H2,1-3H3. The normalized spacial score (nSPS) is 13.1. The van der Waals surface area contributed by atoms with Gasteiger partial charge in [-0.3, -0.25) is 0 Å². The number of nitrogens with zero attached hydrogens (tertiary/aromatic N) is 1. The summed E-state index contributed by atoms with van der Waals surface area (Å²) in [5.41, 5.74) is 1.90. The van der Waals surface area contributed by atoms with Crippen molar-refractivity contribution in [1.82, 2.24) is 10.2 Å². The molecule has 96 valence electrons. The van der Waals surface area contributed by atoms with Crippen LogP contribution in [0.1, 0.15) is 17.2 Å². The molecule has 1 rings (SSSR count). The summed E-state index contributed by atoms with van der Waals surface area (Å²) in [5.74, 6) is 0. The van der Waals surface area contributed by atoms with Gasteiger partial charge >= 0.3 is 0 Å². The zero-order valence-corrected chi connectivity index (χ0v) is 11.5. The van der Waals surface area contributed by atoms with Crippen molar-refractivity contribution >= 4 is 11.6 Å². The lowest BCUT2D eigenvalue weighted by molar-refractivity contribution is 0.173. The Bertz CT molecular complexity index is 355. The Labute approximate surface area is 108 Å². The maximum Gasteiger partial charge on any atom is 0.0914 e. The quantitative estimate of drug-likeness (QED) is 0.763. The van der Waals surface area contributed by atoms with Crippen LogP contribution in [0.2, 0.25) is 5.02 Å². The third kappa shape index (κ3) is 5.04. The van der Waals surface area contributed by atoms with Crippen molar-refractivity contribution in [2.45, 2.75) is 13.0 Å². The summed E-state index contributed by atoms with van der Waals surface area (Å²) < 4.78 is 0. The van der Waals surface area contributed by atoms with Gasteiger partial charge in [-0.1, -0.05) is 23.7 Å². The van der Waals surface area contributed by atoms with Gasteiger partial charge in [0.15, 0.2) is 0 Å². The van der Waals surface area contributed by atoms with Gasteiger partial charge in [-0.2, -0.15) is 0 Å². The van der Waals surface area contributed by atoms with Gasteiger partial charge in [0.05, 0.1) is 6.10 Å². The molecule has 0 aliphatic heterocycles. The highest BCUT2D eigenvalue weighted by Gasteiger charge is 2.08. The van der Waals surface area contributed by atoms with Crippen molar-refractivity contribution in [3.8, 4) is 0 Å². The van der Waals surface area contributed by atoms with Crippen molar-refractivity contribution in [3.05, 3.63) is 34.3 Å². The van der Waals surface area contributed by atoms with Crippen molar-refractivity contribution in [3.63, 3.8) is 0 Å². The second-order valence-electron chi connectivity index (χ2n) is 4.53. The maximum atomic E-state index is 9.98. The van der Waals surface area contributed by atoms with Gasteiger partial charge in [-0.05, 0) is 38.2 Å². The third-order valence-electron chi connectivity index (χ3n) is 2.64. The van der Waals surface area contributed by atoms with E-state index in [1.54, 1.807) is 0 Å². The average Bonchev–Trinajstić information content (AvgIpc) is 2.27. The van der Waals surface area contributed by atoms with Crippen LogP contribution in [0, 0.1) is 6.92 Å². The molecule has 1 aromatic rings. The Balaban J connectivity index is 2.41. The highest BCUT2D eigenvalue weighted by atomic mass is 35.5. The van der Waals surface area contributed by atoms with Crippen molar-refractivity contribution in [1.29, 1.82) is 0 Å². The monoisotopic (exact) mass is 256 g/mol. The van der Waals surface area contributed by atoms with Crippen molar-refractivity contribution in [2.75, 3.05) is 33.7 Å². The van der Waals surface area contributed by atoms with Crippen LogP contribution in [0.4, 0.5) is 0 Å². The summed E-state index contributed by atoms with van der Waals surface area (Å²) in [4.78, 5) is 2.10. The summed E-state index contributed by atoms with van der Waals surface area (Å²) in [6, 6.07) is 5.63. The van der Waals surface area contributed by atoms with Gasteiger partial charge in [0, 0.05) is 24.7 Å². The average molecular weight is 257 g/mol. The predicted molar refractivity (Wildman–Crippen MR) is 72.6 cm³/mol. The van der Waals surface area contributed by atoms with Crippen LogP contribution in [0.5, 0.6) is 0 Å². The van der Waals surface area contributed by atoms with Gasteiger partial charge in [-0.15, -0.1) is 0 Å². The highest BCUT2D eigenvalue weighted by molar-refractivity contribution is 6.31. The van der Waals surface area contributed by atoms with Gasteiger partial charge in [0.1, 0.15) is 0 Å². The summed E-state index contributed by atoms with van der Waals surface area (Å²) in [7, 11) is 4.06. The molecule has 3 nitrogen and oxygen atoms in total. The SMILES string of the molecule is Cc1cc(C(O)CNCCN(C)C)ccc1Cl. The van der Waals surface area contributed by atoms with Gasteiger partial charge in [-0.25, -0.2) is 0 Å². The zero-order valence-electron chi connectivity index (χ0n) is 10.7. The molecule has 0 heterocycles. The van der Waals surface area contributed by atoms with E-state index in [0.29, 0.717) is 6.54 Å². The predicted octanol–water partition coefficient (Wildman–Crippen LogP) is 1.83. The minimum absolute atomic E-state index is 0.479. The fraction of sp³-hybridized carbons (Fsp3) is 0.538. The fourth-order valence-electron chi connectivity index (χ4n) is 1.53. The van der Waals surface area contributed by atoms with Crippen LogP contribution < -0.4 is 5.32 Å². The molecule has 0 aliphatic rings. The Kier molecular flexibility index (Phi) is 5.92. The smallest absolute Gasteiger partial charge is 0.0914 e. The van der Waals surface area contributed by atoms with E-state index in [9.17, 15) is 5.11 Å². The largest absolute Gasteiger partial charge is 0.387 e. The Hall–Kier alpha value is -0.610. The maximum absolute atomic E-state index is 9.98. The first-order chi connectivity index (χ1) is 8.00. The number of hydrogen-bond donors (Lipinski definition) is 2. The van der Waals surface area contributed by atoms with Crippen LogP contribution in [-0.2, 0) is 0 Å². The number of hydrogen-bond acceptors (Lipinski definition) is 3. The summed E-state index contributed by atoms with van der Waals surface area (Å²) in [6.45, 7) is 4.34. The number of rotatable bonds is 6. The van der Waals surface area contributed by atoms with Crippen LogP contribution in [0.15, 0.2) is 18.2 Å². The lowest BCUT2D eigenvalue weighted by atomic mass is 10.1. The number of nitrogens with one attached hydrogen (secondary N) is 1. The van der Waals surface area contributed by atoms with Crippen molar-refractivity contribution in [2.24, 2.45) is 0 Å². The number of benzene rings is 1. The molecule has 0 saturated heterocycles. The summed E-state index contributed by atoms with van der Waals surface area (Å²) in [6.07, 6.45) is -0.479. The molecular formula is C13H21ClN2O. The number of aryl methyl sites for hydroxylation is 1. The minimum atomic E-state index is -0.479. The molecule has 0 amide bonds. The molecule has 0 fully saturated rings. The number of aliphatic hydroxyl groups excluding tert-OH is 1. The Morgan fingerprint density at radius 3 is 2.71 bits per heavy atom. The molecule has 1 aromatic carbocycles. The second kappa shape index (κ2) is 6.97. The van der Waals surface area contributed by atoms with E-state index in [0.717, 1.165) is 29.2 Å². The van der Waals surface area contributed by atoms with E-state index in [-0.39, 0.29) is 0 Å². The Morgan fingerprint density at radius 2 is 2.12 bits per heavy atom. The molecule has 0 aliphatic carbocycles. The lowest BCUT2D eigenvalue weighted by Crippen LogP contribution is -2.29. The molecule has 0 spiro atoms. The minimum Gasteiger partial charge on any atom is -0.387 e. The molecule has 4 heteroatoms. The molecule has 0 radical (unpaired) electrons. The van der Waals surface area contributed by atoms with Crippen LogP contribution in [0.3, 0.4) is 0 Å². The number of halogens is 1. The Morgan fingerprint density at radius 1 is 1.41 bits per heavy atom. The van der Waals surface area contributed by atoms with E-state index < -0.39 is 6.10 Å². The molecule has 0 aromatic heterocycles. The molecule has 0 bridgehead atoms. The van der Waals surface area contributed by atoms with E-state index >= 15 is 0 Å². The fourth-order valence-corrected chi connectivity index (χ4v) is 1.65. The molecule has 17 heavy (non-hydrogen) atoms. The lowest BCUT2D eigenvalue weighted by Gasteiger charge is -2.15. The zero-order chi connectivity index (χ0) is 12.8. The van der Waals surface area contributed by atoms with E-state index in [1.807, 2.05) is 39.2 Å². The van der Waals surface area contributed by atoms with Crippen LogP contribution >= 0.6 is 11.6 Å². The third-order valence-corrected chi connectivity index (χ3v) is 3.06. The topological polar surface area (TPSA) is 35.5 Å². The number of likely N-dealkylation sites (N-methyl/N-ethyl adjacent to an activating group) is 1. The van der Waals surface area contributed by atoms with Gasteiger partial charge in [0.25, 0.3) is 0 Å². The highest BCUT2D eigenvalue weighted by Crippen LogP contribution is 2.20. The van der Waals surface area contributed by atoms with E-state index in [1.165, 1.54) is 0 Å². The van der Waals surface area contributed by atoms with Crippen LogP contribution in [0.25, 0.3) is 0 Å². The molecule has 2 N–H and O–H groups in total. The molecule has 1 atom stereocenters. The molecule has 0 saturated carbocycles. The van der Waals surface area contributed by atoms with Gasteiger partial charge < -0.3 is 15.3 Å². The van der Waals surface area contributed by atoms with E-state index in [2.05, 4.69) is 10.2 Å². The van der Waals surface area contributed by atoms with Gasteiger partial charge in [0.2, 0.25) is 0 Å². The summed E-state index contributed by atoms with van der Waals surface area (Å²) >= 11 is 5.94. The first kappa shape index (κ1) is 14.5. The van der Waals surface area contributed by atoms with E-state index in [4.69, 9.17) is 11.6 Å². The first-order valence-electron chi connectivity index (χ1n) is 5.80.